The zero-order chi connectivity index (χ0) is 13.3. The van der Waals surface area contributed by atoms with Gasteiger partial charge < -0.3 is 15.1 Å². The molecule has 0 aliphatic carbocycles. The Morgan fingerprint density at radius 2 is 1.84 bits per heavy atom. The highest BCUT2D eigenvalue weighted by atomic mass is 15.3. The highest BCUT2D eigenvalue weighted by Crippen LogP contribution is 2.39. The summed E-state index contributed by atoms with van der Waals surface area (Å²) in [6.45, 7) is 12.4. The van der Waals surface area contributed by atoms with Gasteiger partial charge >= 0.3 is 0 Å². The summed E-state index contributed by atoms with van der Waals surface area (Å²) in [6.07, 6.45) is 4.27. The van der Waals surface area contributed by atoms with Gasteiger partial charge in [0, 0.05) is 38.9 Å². The molecule has 110 valence electrons. The number of nitrogens with zero attached hydrogens (tertiary/aromatic N) is 3. The number of piperidine rings is 1. The predicted octanol–water partition coefficient (Wildman–Crippen LogP) is 0.655. The van der Waals surface area contributed by atoms with Crippen LogP contribution in [0.5, 0.6) is 0 Å². The average molecular weight is 266 g/mol. The molecule has 0 radical (unpaired) electrons. The second kappa shape index (κ2) is 5.68. The molecule has 3 rings (SSSR count). The molecule has 0 aromatic rings. The molecule has 1 atom stereocenters. The first-order chi connectivity index (χ1) is 9.17. The number of hydrogen-bond donors (Lipinski definition) is 1. The van der Waals surface area contributed by atoms with Crippen LogP contribution in [0.4, 0.5) is 0 Å². The molecule has 0 bridgehead atoms. The smallest absolute Gasteiger partial charge is 0.0484 e. The molecule has 3 fully saturated rings. The molecule has 3 saturated heterocycles. The van der Waals surface area contributed by atoms with Crippen LogP contribution in [0.25, 0.3) is 0 Å². The average Bonchev–Trinajstić information content (AvgIpc) is 3.03. The summed E-state index contributed by atoms with van der Waals surface area (Å²) in [6, 6.07) is 0.704. The lowest BCUT2D eigenvalue weighted by Gasteiger charge is -2.41. The van der Waals surface area contributed by atoms with Crippen molar-refractivity contribution in [1.82, 2.24) is 20.0 Å². The van der Waals surface area contributed by atoms with Crippen LogP contribution in [0.2, 0.25) is 0 Å². The van der Waals surface area contributed by atoms with Gasteiger partial charge in [0.25, 0.3) is 0 Å². The zero-order valence-corrected chi connectivity index (χ0v) is 12.7. The van der Waals surface area contributed by atoms with Gasteiger partial charge in [0.15, 0.2) is 0 Å². The van der Waals surface area contributed by atoms with E-state index in [1.807, 2.05) is 0 Å². The zero-order valence-electron chi connectivity index (χ0n) is 12.7. The summed E-state index contributed by atoms with van der Waals surface area (Å²) >= 11 is 0. The van der Waals surface area contributed by atoms with Gasteiger partial charge in [-0.2, -0.15) is 0 Å². The fourth-order valence-electron chi connectivity index (χ4n) is 4.17. The summed E-state index contributed by atoms with van der Waals surface area (Å²) in [7, 11) is 2.28. The van der Waals surface area contributed by atoms with E-state index in [0.717, 1.165) is 6.67 Å². The van der Waals surface area contributed by atoms with Crippen molar-refractivity contribution in [2.24, 2.45) is 5.41 Å². The molecule has 1 spiro atoms. The maximum absolute atomic E-state index is 3.44. The van der Waals surface area contributed by atoms with Gasteiger partial charge in [0.1, 0.15) is 0 Å². The van der Waals surface area contributed by atoms with Crippen molar-refractivity contribution in [2.75, 3.05) is 59.5 Å². The van der Waals surface area contributed by atoms with Gasteiger partial charge in [-0.15, -0.1) is 0 Å². The first-order valence-corrected chi connectivity index (χ1v) is 8.03. The Labute approximate surface area is 118 Å². The highest BCUT2D eigenvalue weighted by molar-refractivity contribution is 4.93. The van der Waals surface area contributed by atoms with E-state index in [9.17, 15) is 0 Å². The quantitative estimate of drug-likeness (QED) is 0.810. The third-order valence-corrected chi connectivity index (χ3v) is 5.58. The van der Waals surface area contributed by atoms with E-state index in [2.05, 4.69) is 34.0 Å². The molecule has 0 aromatic heterocycles. The summed E-state index contributed by atoms with van der Waals surface area (Å²) in [5.41, 5.74) is 0.670. The fourth-order valence-corrected chi connectivity index (χ4v) is 4.17. The van der Waals surface area contributed by atoms with E-state index < -0.39 is 0 Å². The lowest BCUT2D eigenvalue weighted by atomic mass is 9.78. The summed E-state index contributed by atoms with van der Waals surface area (Å²) in [5.74, 6) is 0. The molecule has 1 unspecified atom stereocenters. The predicted molar refractivity (Wildman–Crippen MR) is 79.3 cm³/mol. The van der Waals surface area contributed by atoms with Crippen LogP contribution >= 0.6 is 0 Å². The third-order valence-electron chi connectivity index (χ3n) is 5.58. The van der Waals surface area contributed by atoms with E-state index >= 15 is 0 Å². The van der Waals surface area contributed by atoms with Crippen molar-refractivity contribution in [2.45, 2.75) is 32.2 Å². The van der Waals surface area contributed by atoms with Crippen molar-refractivity contribution >= 4 is 0 Å². The fraction of sp³-hybridized carbons (Fsp3) is 1.00. The van der Waals surface area contributed by atoms with Gasteiger partial charge in [0.05, 0.1) is 0 Å². The minimum atomic E-state index is 0.670. The lowest BCUT2D eigenvalue weighted by Crippen LogP contribution is -2.47. The third kappa shape index (κ3) is 3.13. The number of likely N-dealkylation sites (tertiary alicyclic amines) is 2. The molecule has 3 heterocycles. The molecule has 4 nitrogen and oxygen atoms in total. The van der Waals surface area contributed by atoms with Crippen molar-refractivity contribution in [3.63, 3.8) is 0 Å². The normalized spacial score (nSPS) is 31.3. The van der Waals surface area contributed by atoms with Crippen molar-refractivity contribution < 1.29 is 0 Å². The van der Waals surface area contributed by atoms with Crippen LogP contribution in [0.3, 0.4) is 0 Å². The standard InChI is InChI=1S/C15H30N4/c1-14(19-10-6-16-13-19)11-18-8-4-15(5-9-18)3-7-17(2)12-15/h14,16H,3-13H2,1-2H3. The van der Waals surface area contributed by atoms with E-state index in [0.29, 0.717) is 11.5 Å². The Balaban J connectivity index is 1.45. The molecule has 0 saturated carbocycles. The molecule has 0 aromatic carbocycles. The number of rotatable bonds is 3. The molecular formula is C15H30N4. The molecular weight excluding hydrogens is 236 g/mol. The largest absolute Gasteiger partial charge is 0.306 e. The van der Waals surface area contributed by atoms with Crippen LogP contribution in [0.1, 0.15) is 26.2 Å². The second-order valence-electron chi connectivity index (χ2n) is 7.11. The highest BCUT2D eigenvalue weighted by Gasteiger charge is 2.39. The van der Waals surface area contributed by atoms with Crippen LogP contribution in [0, 0.1) is 5.41 Å². The van der Waals surface area contributed by atoms with Gasteiger partial charge in [-0.3, -0.25) is 4.90 Å². The molecule has 3 aliphatic rings. The molecule has 19 heavy (non-hydrogen) atoms. The Bertz CT molecular complexity index is 293. The van der Waals surface area contributed by atoms with Crippen LogP contribution < -0.4 is 5.32 Å². The molecule has 3 aliphatic heterocycles. The summed E-state index contributed by atoms with van der Waals surface area (Å²) in [4.78, 5) is 7.80. The van der Waals surface area contributed by atoms with Gasteiger partial charge in [-0.05, 0) is 58.3 Å². The number of nitrogens with one attached hydrogen (secondary N) is 1. The monoisotopic (exact) mass is 266 g/mol. The van der Waals surface area contributed by atoms with Crippen molar-refractivity contribution in [3.8, 4) is 0 Å². The summed E-state index contributed by atoms with van der Waals surface area (Å²) in [5, 5.41) is 3.44. The maximum atomic E-state index is 3.44. The second-order valence-corrected chi connectivity index (χ2v) is 7.11. The lowest BCUT2D eigenvalue weighted by molar-refractivity contribution is 0.0863. The van der Waals surface area contributed by atoms with Crippen LogP contribution in [-0.2, 0) is 0 Å². The van der Waals surface area contributed by atoms with Crippen molar-refractivity contribution in [1.29, 1.82) is 0 Å². The first kappa shape index (κ1) is 13.8. The van der Waals surface area contributed by atoms with Gasteiger partial charge in [-0.1, -0.05) is 0 Å². The topological polar surface area (TPSA) is 21.8 Å². The van der Waals surface area contributed by atoms with E-state index in [4.69, 9.17) is 0 Å². The Hall–Kier alpha value is -0.160. The van der Waals surface area contributed by atoms with Crippen LogP contribution in [-0.4, -0.2) is 80.3 Å². The minimum absolute atomic E-state index is 0.670. The Kier molecular flexibility index (Phi) is 4.13. The van der Waals surface area contributed by atoms with E-state index in [-0.39, 0.29) is 0 Å². The van der Waals surface area contributed by atoms with Crippen molar-refractivity contribution in [3.05, 3.63) is 0 Å². The SMILES string of the molecule is CC(CN1CCC2(CCN(C)C2)CC1)N1CCNC1. The van der Waals surface area contributed by atoms with E-state index in [1.54, 1.807) is 0 Å². The Morgan fingerprint density at radius 3 is 2.42 bits per heavy atom. The van der Waals surface area contributed by atoms with Gasteiger partial charge in [-0.25, -0.2) is 0 Å². The summed E-state index contributed by atoms with van der Waals surface area (Å²) < 4.78 is 0. The minimum Gasteiger partial charge on any atom is -0.306 e. The van der Waals surface area contributed by atoms with Crippen LogP contribution in [0.15, 0.2) is 0 Å². The number of hydrogen-bond acceptors (Lipinski definition) is 4. The molecule has 0 amide bonds. The van der Waals surface area contributed by atoms with Gasteiger partial charge in [0.2, 0.25) is 0 Å². The molecule has 1 N–H and O–H groups in total. The molecule has 4 heteroatoms. The maximum Gasteiger partial charge on any atom is 0.0484 e. The Morgan fingerprint density at radius 1 is 1.11 bits per heavy atom. The first-order valence-electron chi connectivity index (χ1n) is 8.03. The van der Waals surface area contributed by atoms with E-state index in [1.165, 1.54) is 65.1 Å².